The van der Waals surface area contributed by atoms with Crippen LogP contribution in [0.3, 0.4) is 0 Å². The zero-order valence-electron chi connectivity index (χ0n) is 8.21. The van der Waals surface area contributed by atoms with Crippen LogP contribution >= 0.6 is 0 Å². The van der Waals surface area contributed by atoms with Crippen LogP contribution in [-0.2, 0) is 11.0 Å². The fourth-order valence-corrected chi connectivity index (χ4v) is 1.20. The van der Waals surface area contributed by atoms with Gasteiger partial charge in [-0.15, -0.1) is 0 Å². The summed E-state index contributed by atoms with van der Waals surface area (Å²) < 4.78 is 37.0. The molecule has 0 radical (unpaired) electrons. The van der Waals surface area contributed by atoms with Gasteiger partial charge in [-0.3, -0.25) is 4.79 Å². The van der Waals surface area contributed by atoms with Gasteiger partial charge in [-0.05, 0) is 23.3 Å². The smallest absolute Gasteiger partial charge is 0.416 e. The van der Waals surface area contributed by atoms with Crippen LogP contribution < -0.4 is 0 Å². The Balaban J connectivity index is 2.99. The van der Waals surface area contributed by atoms with Gasteiger partial charge in [-0.2, -0.15) is 13.2 Å². The average Bonchev–Trinajstić information content (AvgIpc) is 2.15. The quantitative estimate of drug-likeness (QED) is 0.865. The zero-order chi connectivity index (χ0) is 12.3. The number of rotatable bonds is 3. The first-order valence-corrected chi connectivity index (χ1v) is 4.38. The van der Waals surface area contributed by atoms with Gasteiger partial charge in [0.25, 0.3) is 0 Å². The van der Waals surface area contributed by atoms with Crippen molar-refractivity contribution in [3.05, 3.63) is 42.0 Å². The number of halogens is 3. The Morgan fingerprint density at radius 2 is 2.00 bits per heavy atom. The van der Waals surface area contributed by atoms with Crippen molar-refractivity contribution in [3.8, 4) is 0 Å². The van der Waals surface area contributed by atoms with Crippen molar-refractivity contribution < 1.29 is 23.1 Å². The Morgan fingerprint density at radius 3 is 2.50 bits per heavy atom. The first-order valence-electron chi connectivity index (χ1n) is 4.38. The molecule has 0 aromatic heterocycles. The number of hydrogen-bond donors (Lipinski definition) is 1. The molecule has 0 amide bonds. The minimum atomic E-state index is -4.43. The minimum Gasteiger partial charge on any atom is -0.481 e. The molecule has 0 saturated carbocycles. The number of aliphatic carboxylic acids is 1. The van der Waals surface area contributed by atoms with Crippen LogP contribution in [0.15, 0.2) is 30.8 Å². The zero-order valence-corrected chi connectivity index (χ0v) is 8.21. The molecule has 0 aliphatic rings. The van der Waals surface area contributed by atoms with E-state index in [2.05, 4.69) is 6.58 Å². The Kier molecular flexibility index (Phi) is 3.37. The summed E-state index contributed by atoms with van der Waals surface area (Å²) in [6.45, 7) is 3.44. The predicted molar refractivity (Wildman–Crippen MR) is 52.7 cm³/mol. The Bertz CT molecular complexity index is 421. The normalized spacial score (nSPS) is 11.2. The second kappa shape index (κ2) is 4.38. The number of carboxylic acids is 1. The van der Waals surface area contributed by atoms with Crippen molar-refractivity contribution in [2.45, 2.75) is 12.6 Å². The van der Waals surface area contributed by atoms with Crippen molar-refractivity contribution >= 4 is 11.5 Å². The van der Waals surface area contributed by atoms with Crippen LogP contribution in [0.2, 0.25) is 0 Å². The fourth-order valence-electron chi connectivity index (χ4n) is 1.20. The molecule has 5 heteroatoms. The van der Waals surface area contributed by atoms with Crippen molar-refractivity contribution in [2.75, 3.05) is 0 Å². The second-order valence-electron chi connectivity index (χ2n) is 3.25. The number of alkyl halides is 3. The van der Waals surface area contributed by atoms with Gasteiger partial charge in [-0.1, -0.05) is 18.7 Å². The van der Waals surface area contributed by atoms with E-state index in [9.17, 15) is 18.0 Å². The van der Waals surface area contributed by atoms with E-state index in [0.29, 0.717) is 0 Å². The van der Waals surface area contributed by atoms with Gasteiger partial charge in [0, 0.05) is 0 Å². The molecule has 0 atom stereocenters. The van der Waals surface area contributed by atoms with Gasteiger partial charge in [0.2, 0.25) is 0 Å². The highest BCUT2D eigenvalue weighted by molar-refractivity contribution is 5.83. The van der Waals surface area contributed by atoms with E-state index in [1.165, 1.54) is 12.1 Å². The second-order valence-corrected chi connectivity index (χ2v) is 3.25. The maximum Gasteiger partial charge on any atom is 0.416 e. The Labute approximate surface area is 90.0 Å². The summed E-state index contributed by atoms with van der Waals surface area (Å²) in [6.07, 6.45) is -4.80. The molecule has 0 aliphatic carbocycles. The van der Waals surface area contributed by atoms with Crippen LogP contribution in [0, 0.1) is 0 Å². The Hall–Kier alpha value is -1.78. The largest absolute Gasteiger partial charge is 0.481 e. The summed E-state index contributed by atoms with van der Waals surface area (Å²) in [6, 6.07) is 4.45. The molecule has 1 aromatic carbocycles. The number of benzene rings is 1. The summed E-state index contributed by atoms with van der Waals surface area (Å²) in [7, 11) is 0. The Morgan fingerprint density at radius 1 is 1.38 bits per heavy atom. The molecule has 0 fully saturated rings. The van der Waals surface area contributed by atoms with Crippen LogP contribution in [0.1, 0.15) is 17.5 Å². The molecule has 16 heavy (non-hydrogen) atoms. The summed E-state index contributed by atoms with van der Waals surface area (Å²) in [4.78, 5) is 10.4. The molecular formula is C11H9F3O2. The third-order valence-electron chi connectivity index (χ3n) is 1.96. The van der Waals surface area contributed by atoms with Gasteiger partial charge in [0.1, 0.15) is 0 Å². The molecule has 0 saturated heterocycles. The van der Waals surface area contributed by atoms with Crippen LogP contribution in [0.25, 0.3) is 5.57 Å². The van der Waals surface area contributed by atoms with Gasteiger partial charge < -0.3 is 5.11 Å². The first-order chi connectivity index (χ1) is 7.30. The lowest BCUT2D eigenvalue weighted by molar-refractivity contribution is -0.137. The van der Waals surface area contributed by atoms with Crippen LogP contribution in [0.4, 0.5) is 13.2 Å². The van der Waals surface area contributed by atoms with Gasteiger partial charge in [0.05, 0.1) is 12.0 Å². The number of carbonyl (C=O) groups is 1. The highest BCUT2D eigenvalue weighted by atomic mass is 19.4. The van der Waals surface area contributed by atoms with E-state index in [4.69, 9.17) is 5.11 Å². The summed E-state index contributed by atoms with van der Waals surface area (Å²) in [5.41, 5.74) is -0.465. The summed E-state index contributed by atoms with van der Waals surface area (Å²) >= 11 is 0. The lowest BCUT2D eigenvalue weighted by Gasteiger charge is -2.09. The summed E-state index contributed by atoms with van der Waals surface area (Å²) in [5.74, 6) is -1.12. The molecular weight excluding hydrogens is 221 g/mol. The van der Waals surface area contributed by atoms with Crippen molar-refractivity contribution in [1.82, 2.24) is 0 Å². The van der Waals surface area contributed by atoms with Crippen LogP contribution in [0.5, 0.6) is 0 Å². The van der Waals surface area contributed by atoms with E-state index in [-0.39, 0.29) is 17.6 Å². The van der Waals surface area contributed by atoms with Crippen molar-refractivity contribution in [2.24, 2.45) is 0 Å². The van der Waals surface area contributed by atoms with E-state index in [1.807, 2.05) is 0 Å². The van der Waals surface area contributed by atoms with E-state index < -0.39 is 17.7 Å². The topological polar surface area (TPSA) is 37.3 Å². The van der Waals surface area contributed by atoms with Crippen LogP contribution in [-0.4, -0.2) is 11.1 Å². The molecule has 86 valence electrons. The van der Waals surface area contributed by atoms with E-state index in [0.717, 1.165) is 12.1 Å². The van der Waals surface area contributed by atoms with Gasteiger partial charge in [0.15, 0.2) is 0 Å². The third kappa shape index (κ3) is 3.12. The average molecular weight is 230 g/mol. The molecule has 0 bridgehead atoms. The first kappa shape index (κ1) is 12.3. The monoisotopic (exact) mass is 230 g/mol. The van der Waals surface area contributed by atoms with E-state index in [1.54, 1.807) is 0 Å². The highest BCUT2D eigenvalue weighted by Gasteiger charge is 2.30. The van der Waals surface area contributed by atoms with Crippen molar-refractivity contribution in [3.63, 3.8) is 0 Å². The minimum absolute atomic E-state index is 0.151. The maximum atomic E-state index is 12.3. The fraction of sp³-hybridized carbons (Fsp3) is 0.182. The number of hydrogen-bond acceptors (Lipinski definition) is 1. The highest BCUT2D eigenvalue weighted by Crippen LogP contribution is 2.31. The molecule has 1 aromatic rings. The lowest BCUT2D eigenvalue weighted by Crippen LogP contribution is -2.05. The predicted octanol–water partition coefficient (Wildman–Crippen LogP) is 3.19. The molecule has 0 unspecified atom stereocenters. The molecule has 0 spiro atoms. The van der Waals surface area contributed by atoms with Crippen molar-refractivity contribution in [1.29, 1.82) is 0 Å². The number of carboxylic acid groups (broad SMARTS) is 1. The van der Waals surface area contributed by atoms with Gasteiger partial charge in [-0.25, -0.2) is 0 Å². The van der Waals surface area contributed by atoms with Gasteiger partial charge >= 0.3 is 12.1 Å². The molecule has 0 heterocycles. The lowest BCUT2D eigenvalue weighted by atomic mass is 10.0. The third-order valence-corrected chi connectivity index (χ3v) is 1.96. The molecule has 1 rings (SSSR count). The van der Waals surface area contributed by atoms with E-state index >= 15 is 0 Å². The maximum absolute atomic E-state index is 12.3. The molecule has 2 nitrogen and oxygen atoms in total. The standard InChI is InChI=1S/C11H9F3O2/c1-7(5-10(15)16)8-3-2-4-9(6-8)11(12,13)14/h2-4,6H,1,5H2,(H,15,16). The molecule has 0 aliphatic heterocycles. The SMILES string of the molecule is C=C(CC(=O)O)c1cccc(C(F)(F)F)c1. The molecule has 1 N–H and O–H groups in total. The summed E-state index contributed by atoms with van der Waals surface area (Å²) in [5, 5.41) is 8.49.